The first-order valence-corrected chi connectivity index (χ1v) is 10.3. The molecular weight excluding hydrogens is 431 g/mol. The molecule has 6 nitrogen and oxygen atoms in total. The number of hydrogen-bond donors (Lipinski definition) is 1. The van der Waals surface area contributed by atoms with Crippen LogP contribution >= 0.6 is 0 Å². The number of allylic oxidation sites excluding steroid dienone is 3. The maximum absolute atomic E-state index is 12.8. The lowest BCUT2D eigenvalue weighted by Gasteiger charge is -2.15. The van der Waals surface area contributed by atoms with Gasteiger partial charge in [0.1, 0.15) is 11.5 Å². The van der Waals surface area contributed by atoms with E-state index in [9.17, 15) is 13.2 Å². The molecule has 0 saturated heterocycles. The predicted octanol–water partition coefficient (Wildman–Crippen LogP) is 4.13. The van der Waals surface area contributed by atoms with Crippen molar-refractivity contribution in [1.82, 2.24) is 14.5 Å². The average molecular weight is 451 g/mol. The quantitative estimate of drug-likeness (QED) is 0.634. The molecule has 3 aromatic rings. The molecule has 2 aliphatic rings. The van der Waals surface area contributed by atoms with Crippen molar-refractivity contribution in [3.8, 4) is 11.6 Å². The molecule has 0 amide bonds. The normalized spacial score (nSPS) is 16.7. The van der Waals surface area contributed by atoms with E-state index < -0.39 is 18.5 Å². The van der Waals surface area contributed by atoms with Crippen molar-refractivity contribution in [3.05, 3.63) is 83.1 Å². The summed E-state index contributed by atoms with van der Waals surface area (Å²) in [4.78, 5) is 13.3. The first-order chi connectivity index (χ1) is 15.8. The largest absolute Gasteiger partial charge is 0.479 e. The van der Waals surface area contributed by atoms with Crippen molar-refractivity contribution in [2.75, 3.05) is 12.4 Å². The Labute approximate surface area is 187 Å². The van der Waals surface area contributed by atoms with Gasteiger partial charge < -0.3 is 14.6 Å². The highest BCUT2D eigenvalue weighted by atomic mass is 19.4. The summed E-state index contributed by atoms with van der Waals surface area (Å²) in [6.07, 6.45) is 3.38. The molecule has 33 heavy (non-hydrogen) atoms. The Morgan fingerprint density at radius 3 is 2.76 bits per heavy atom. The smallest absolute Gasteiger partial charge is 0.389 e. The van der Waals surface area contributed by atoms with Gasteiger partial charge in [-0.1, -0.05) is 24.3 Å². The Bertz CT molecular complexity index is 1420. The zero-order valence-corrected chi connectivity index (χ0v) is 17.9. The van der Waals surface area contributed by atoms with Crippen molar-refractivity contribution in [3.63, 3.8) is 0 Å². The minimum Gasteiger partial charge on any atom is -0.479 e. The molecule has 5 rings (SSSR count). The number of nitrogens with one attached hydrogen (secondary N) is 1. The molecule has 1 atom stereocenters. The molecule has 1 unspecified atom stereocenters. The summed E-state index contributed by atoms with van der Waals surface area (Å²) in [6.45, 7) is 1.90. The molecule has 9 heteroatoms. The zero-order valence-electron chi connectivity index (χ0n) is 17.9. The SMILES string of the molecule is COc1nc(Nc2ccc3c(c2)=NC2=CC(CC(F)(F)F)C=CC=32)ccc1-n1cnc(C)c1. The number of benzene rings is 1. The first kappa shape index (κ1) is 21.0. The topological polar surface area (TPSA) is 64.3 Å². The van der Waals surface area contributed by atoms with Crippen LogP contribution in [-0.4, -0.2) is 27.8 Å². The van der Waals surface area contributed by atoms with Gasteiger partial charge in [-0.15, -0.1) is 0 Å². The van der Waals surface area contributed by atoms with Gasteiger partial charge in [0.05, 0.1) is 36.6 Å². The van der Waals surface area contributed by atoms with Crippen molar-refractivity contribution >= 4 is 17.1 Å². The van der Waals surface area contributed by atoms with Crippen molar-refractivity contribution in [2.24, 2.45) is 10.9 Å². The highest BCUT2D eigenvalue weighted by Crippen LogP contribution is 2.32. The van der Waals surface area contributed by atoms with Gasteiger partial charge in [0.15, 0.2) is 0 Å². The number of pyridine rings is 1. The van der Waals surface area contributed by atoms with E-state index in [0.29, 0.717) is 22.8 Å². The summed E-state index contributed by atoms with van der Waals surface area (Å²) < 4.78 is 45.6. The summed E-state index contributed by atoms with van der Waals surface area (Å²) in [5, 5.41) is 4.84. The maximum Gasteiger partial charge on any atom is 0.389 e. The van der Waals surface area contributed by atoms with Gasteiger partial charge in [0.25, 0.3) is 0 Å². The maximum atomic E-state index is 12.8. The lowest BCUT2D eigenvalue weighted by atomic mass is 9.94. The molecule has 0 saturated carbocycles. The van der Waals surface area contributed by atoms with Crippen molar-refractivity contribution in [2.45, 2.75) is 19.5 Å². The van der Waals surface area contributed by atoms with E-state index in [1.165, 1.54) is 0 Å². The summed E-state index contributed by atoms with van der Waals surface area (Å²) in [5.41, 5.74) is 3.83. The summed E-state index contributed by atoms with van der Waals surface area (Å²) in [6, 6.07) is 9.37. The van der Waals surface area contributed by atoms with Gasteiger partial charge in [-0.05, 0) is 31.2 Å². The van der Waals surface area contributed by atoms with Crippen LogP contribution in [0.4, 0.5) is 24.7 Å². The van der Waals surface area contributed by atoms with E-state index in [4.69, 9.17) is 4.74 Å². The van der Waals surface area contributed by atoms with E-state index in [1.54, 1.807) is 31.7 Å². The van der Waals surface area contributed by atoms with E-state index in [-0.39, 0.29) is 0 Å². The Morgan fingerprint density at radius 2 is 2.03 bits per heavy atom. The summed E-state index contributed by atoms with van der Waals surface area (Å²) in [5.74, 6) is 0.324. The van der Waals surface area contributed by atoms with Crippen LogP contribution in [0, 0.1) is 12.8 Å². The molecule has 2 aromatic heterocycles. The fraction of sp³-hybridized carbons (Fsp3) is 0.208. The average Bonchev–Trinajstić information content (AvgIpc) is 3.34. The molecule has 0 spiro atoms. The lowest BCUT2D eigenvalue weighted by molar-refractivity contribution is -0.138. The number of methoxy groups -OCH3 is 1. The van der Waals surface area contributed by atoms with Gasteiger partial charge in [0.2, 0.25) is 5.88 Å². The predicted molar refractivity (Wildman–Crippen MR) is 118 cm³/mol. The monoisotopic (exact) mass is 451 g/mol. The van der Waals surface area contributed by atoms with E-state index >= 15 is 0 Å². The number of aryl methyl sites for hydroxylation is 1. The fourth-order valence-electron chi connectivity index (χ4n) is 3.98. The van der Waals surface area contributed by atoms with Crippen LogP contribution in [0.15, 0.2) is 71.8 Å². The standard InChI is InChI=1S/C24H20F3N5O/c1-14-12-32(13-28-14)21-7-8-22(31-23(21)33-2)29-16-4-6-18-17-5-3-15(11-24(25,26)27)9-19(17)30-20(18)10-16/h3-10,12-13,15H,11H2,1-2H3,(H,29,31). The minimum atomic E-state index is -4.22. The van der Waals surface area contributed by atoms with Gasteiger partial charge in [-0.25, -0.2) is 9.98 Å². The second-order valence-electron chi connectivity index (χ2n) is 7.92. The molecule has 0 fully saturated rings. The van der Waals surface area contributed by atoms with Crippen LogP contribution in [0.3, 0.4) is 0 Å². The Balaban J connectivity index is 1.42. The van der Waals surface area contributed by atoms with Gasteiger partial charge in [-0.2, -0.15) is 18.2 Å². The fourth-order valence-corrected chi connectivity index (χ4v) is 3.98. The second kappa shape index (κ2) is 7.91. The molecule has 1 aliphatic carbocycles. The summed E-state index contributed by atoms with van der Waals surface area (Å²) in [7, 11) is 1.56. The van der Waals surface area contributed by atoms with Crippen LogP contribution in [0.2, 0.25) is 0 Å². The second-order valence-corrected chi connectivity index (χ2v) is 7.92. The number of hydrogen-bond acceptors (Lipinski definition) is 5. The van der Waals surface area contributed by atoms with Crippen LogP contribution in [0.5, 0.6) is 5.88 Å². The first-order valence-electron chi connectivity index (χ1n) is 10.3. The number of imidazole rings is 1. The zero-order chi connectivity index (χ0) is 23.2. The van der Waals surface area contributed by atoms with Gasteiger partial charge in [0, 0.05) is 28.6 Å². The Kier molecular flexibility index (Phi) is 5.03. The number of nitrogens with zero attached hydrogens (tertiary/aromatic N) is 4. The third-order valence-electron chi connectivity index (χ3n) is 5.45. The van der Waals surface area contributed by atoms with Crippen LogP contribution in [-0.2, 0) is 0 Å². The molecule has 1 aromatic carbocycles. The number of fused-ring (bicyclic) bond motifs is 2. The molecule has 168 valence electrons. The number of anilines is 2. The van der Waals surface area contributed by atoms with Crippen LogP contribution < -0.4 is 20.6 Å². The molecule has 3 heterocycles. The number of halogens is 3. The highest BCUT2D eigenvalue weighted by Gasteiger charge is 2.31. The number of rotatable bonds is 5. The van der Waals surface area contributed by atoms with E-state index in [0.717, 1.165) is 27.9 Å². The highest BCUT2D eigenvalue weighted by molar-refractivity contribution is 5.76. The van der Waals surface area contributed by atoms with E-state index in [2.05, 4.69) is 20.3 Å². The Morgan fingerprint density at radius 1 is 1.18 bits per heavy atom. The number of alkyl halides is 3. The van der Waals surface area contributed by atoms with Crippen LogP contribution in [0.25, 0.3) is 11.3 Å². The Hall–Kier alpha value is -3.88. The summed E-state index contributed by atoms with van der Waals surface area (Å²) >= 11 is 0. The van der Waals surface area contributed by atoms with Gasteiger partial charge >= 0.3 is 6.18 Å². The third-order valence-corrected chi connectivity index (χ3v) is 5.45. The van der Waals surface area contributed by atoms with Gasteiger partial charge in [-0.3, -0.25) is 0 Å². The lowest BCUT2D eigenvalue weighted by Crippen LogP contribution is -2.23. The molecule has 1 aliphatic heterocycles. The third kappa shape index (κ3) is 4.26. The molecule has 0 radical (unpaired) electrons. The van der Waals surface area contributed by atoms with Crippen molar-refractivity contribution < 1.29 is 17.9 Å². The minimum absolute atomic E-state index is 0.441. The number of aromatic nitrogens is 3. The van der Waals surface area contributed by atoms with Crippen LogP contribution in [0.1, 0.15) is 12.1 Å². The van der Waals surface area contributed by atoms with Crippen molar-refractivity contribution in [1.29, 1.82) is 0 Å². The molecule has 1 N–H and O–H groups in total. The van der Waals surface area contributed by atoms with E-state index in [1.807, 2.05) is 48.0 Å². The molecular formula is C24H20F3N5O. The number of ether oxygens (including phenoxy) is 1. The molecule has 0 bridgehead atoms.